The molecule has 0 radical (unpaired) electrons. The number of benzene rings is 1. The van der Waals surface area contributed by atoms with Crippen LogP contribution in [0.25, 0.3) is 11.1 Å². The molecule has 0 aliphatic carbocycles. The van der Waals surface area contributed by atoms with E-state index in [2.05, 4.69) is 15.3 Å². The zero-order chi connectivity index (χ0) is 13.8. The number of pyridine rings is 1. The van der Waals surface area contributed by atoms with Crippen LogP contribution < -0.4 is 16.8 Å². The van der Waals surface area contributed by atoms with Crippen molar-refractivity contribution in [2.45, 2.75) is 0 Å². The standard InChI is InChI=1S/C14H17N5/c1-17-11-5-10(7-19-8-11)9-3-4-13(15)12(6-9)14(16)18-2/h3-8,17H,15H2,1-2H3,(H2,16,18). The number of aliphatic imine (C=N–C) groups is 1. The van der Waals surface area contributed by atoms with Gasteiger partial charge in [0.15, 0.2) is 0 Å². The Morgan fingerprint density at radius 3 is 2.68 bits per heavy atom. The fourth-order valence-electron chi connectivity index (χ4n) is 1.81. The number of nitrogens with one attached hydrogen (secondary N) is 1. The van der Waals surface area contributed by atoms with Crippen molar-refractivity contribution in [1.82, 2.24) is 4.98 Å². The van der Waals surface area contributed by atoms with Crippen molar-refractivity contribution in [1.29, 1.82) is 0 Å². The van der Waals surface area contributed by atoms with Crippen molar-refractivity contribution in [2.75, 3.05) is 25.1 Å². The lowest BCUT2D eigenvalue weighted by atomic mass is 10.0. The fraction of sp³-hybridized carbons (Fsp3) is 0.143. The molecule has 0 unspecified atom stereocenters. The summed E-state index contributed by atoms with van der Waals surface area (Å²) in [5.41, 5.74) is 16.1. The van der Waals surface area contributed by atoms with Crippen molar-refractivity contribution in [3.63, 3.8) is 0 Å². The summed E-state index contributed by atoms with van der Waals surface area (Å²) in [6.07, 6.45) is 3.57. The summed E-state index contributed by atoms with van der Waals surface area (Å²) in [7, 11) is 3.50. The van der Waals surface area contributed by atoms with Crippen LogP contribution in [0.2, 0.25) is 0 Å². The van der Waals surface area contributed by atoms with Gasteiger partial charge in [0, 0.05) is 43.3 Å². The highest BCUT2D eigenvalue weighted by Gasteiger charge is 2.07. The third kappa shape index (κ3) is 2.65. The molecule has 1 heterocycles. The lowest BCUT2D eigenvalue weighted by molar-refractivity contribution is 1.31. The second-order valence-electron chi connectivity index (χ2n) is 4.12. The van der Waals surface area contributed by atoms with Crippen molar-refractivity contribution in [3.05, 3.63) is 42.2 Å². The molecule has 0 saturated carbocycles. The molecule has 5 N–H and O–H groups in total. The maximum absolute atomic E-state index is 5.91. The summed E-state index contributed by atoms with van der Waals surface area (Å²) >= 11 is 0. The Hall–Kier alpha value is -2.56. The fourth-order valence-corrected chi connectivity index (χ4v) is 1.81. The van der Waals surface area contributed by atoms with E-state index in [9.17, 15) is 0 Å². The summed E-state index contributed by atoms with van der Waals surface area (Å²) in [4.78, 5) is 8.17. The first-order chi connectivity index (χ1) is 9.15. The molecule has 1 aromatic heterocycles. The number of nitrogens with zero attached hydrogens (tertiary/aromatic N) is 2. The van der Waals surface area contributed by atoms with E-state index in [0.29, 0.717) is 11.5 Å². The molecule has 5 nitrogen and oxygen atoms in total. The van der Waals surface area contributed by atoms with Crippen LogP contribution >= 0.6 is 0 Å². The minimum Gasteiger partial charge on any atom is -0.398 e. The summed E-state index contributed by atoms with van der Waals surface area (Å²) < 4.78 is 0. The van der Waals surface area contributed by atoms with E-state index in [1.54, 1.807) is 19.4 Å². The normalized spacial score (nSPS) is 11.4. The van der Waals surface area contributed by atoms with E-state index in [1.165, 1.54) is 0 Å². The van der Waals surface area contributed by atoms with Gasteiger partial charge in [-0.3, -0.25) is 9.98 Å². The predicted molar refractivity (Wildman–Crippen MR) is 80.3 cm³/mol. The molecule has 0 atom stereocenters. The summed E-state index contributed by atoms with van der Waals surface area (Å²) in [6, 6.07) is 7.71. The van der Waals surface area contributed by atoms with Crippen molar-refractivity contribution < 1.29 is 0 Å². The zero-order valence-electron chi connectivity index (χ0n) is 11.0. The molecule has 19 heavy (non-hydrogen) atoms. The zero-order valence-corrected chi connectivity index (χ0v) is 11.0. The lowest BCUT2D eigenvalue weighted by Crippen LogP contribution is -2.15. The molecule has 0 spiro atoms. The number of amidine groups is 1. The molecule has 0 bridgehead atoms. The van der Waals surface area contributed by atoms with Gasteiger partial charge < -0.3 is 16.8 Å². The van der Waals surface area contributed by atoms with E-state index >= 15 is 0 Å². The van der Waals surface area contributed by atoms with Crippen LogP contribution in [0.3, 0.4) is 0 Å². The Morgan fingerprint density at radius 2 is 2.00 bits per heavy atom. The van der Waals surface area contributed by atoms with Gasteiger partial charge in [0.25, 0.3) is 0 Å². The summed E-state index contributed by atoms with van der Waals surface area (Å²) in [6.45, 7) is 0. The molecule has 98 valence electrons. The topological polar surface area (TPSA) is 89.3 Å². The van der Waals surface area contributed by atoms with E-state index in [1.807, 2.05) is 31.3 Å². The minimum atomic E-state index is 0.428. The summed E-state index contributed by atoms with van der Waals surface area (Å²) in [5.74, 6) is 0.428. The first-order valence-corrected chi connectivity index (χ1v) is 5.91. The highest BCUT2D eigenvalue weighted by molar-refractivity contribution is 6.03. The van der Waals surface area contributed by atoms with Gasteiger partial charge >= 0.3 is 0 Å². The number of rotatable bonds is 3. The molecule has 1 aromatic carbocycles. The first-order valence-electron chi connectivity index (χ1n) is 5.91. The monoisotopic (exact) mass is 255 g/mol. The largest absolute Gasteiger partial charge is 0.398 e. The van der Waals surface area contributed by atoms with Crippen LogP contribution in [0, 0.1) is 0 Å². The van der Waals surface area contributed by atoms with Crippen LogP contribution in [0.1, 0.15) is 5.56 Å². The first kappa shape index (κ1) is 12.9. The summed E-state index contributed by atoms with van der Waals surface area (Å²) in [5, 5.41) is 3.06. The van der Waals surface area contributed by atoms with Crippen LogP contribution in [0.5, 0.6) is 0 Å². The number of aromatic nitrogens is 1. The van der Waals surface area contributed by atoms with Gasteiger partial charge in [-0.05, 0) is 23.8 Å². The number of hydrogen-bond donors (Lipinski definition) is 3. The Labute approximate surface area is 112 Å². The molecule has 0 amide bonds. The van der Waals surface area contributed by atoms with Gasteiger partial charge in [-0.2, -0.15) is 0 Å². The maximum Gasteiger partial charge on any atom is 0.127 e. The third-order valence-corrected chi connectivity index (χ3v) is 2.93. The number of nitrogens with two attached hydrogens (primary N) is 2. The van der Waals surface area contributed by atoms with Gasteiger partial charge in [0.05, 0.1) is 5.69 Å². The molecule has 0 aliphatic rings. The Balaban J connectivity index is 2.51. The highest BCUT2D eigenvalue weighted by atomic mass is 14.8. The van der Waals surface area contributed by atoms with Crippen LogP contribution in [0.15, 0.2) is 41.7 Å². The quantitative estimate of drug-likeness (QED) is 0.442. The lowest BCUT2D eigenvalue weighted by Gasteiger charge is -2.09. The maximum atomic E-state index is 5.91. The number of nitrogen functional groups attached to an aromatic ring is 1. The van der Waals surface area contributed by atoms with E-state index in [0.717, 1.165) is 22.4 Å². The Bertz CT molecular complexity index is 619. The van der Waals surface area contributed by atoms with Crippen LogP contribution in [-0.2, 0) is 0 Å². The van der Waals surface area contributed by atoms with Gasteiger partial charge in [-0.1, -0.05) is 6.07 Å². The Morgan fingerprint density at radius 1 is 1.21 bits per heavy atom. The van der Waals surface area contributed by atoms with Gasteiger partial charge in [0.1, 0.15) is 5.84 Å². The van der Waals surface area contributed by atoms with E-state index in [-0.39, 0.29) is 0 Å². The minimum absolute atomic E-state index is 0.428. The number of anilines is 2. The molecule has 2 aromatic rings. The molecular formula is C14H17N5. The molecule has 0 saturated heterocycles. The van der Waals surface area contributed by atoms with Crippen LogP contribution in [-0.4, -0.2) is 24.9 Å². The van der Waals surface area contributed by atoms with E-state index < -0.39 is 0 Å². The van der Waals surface area contributed by atoms with Gasteiger partial charge in [0.2, 0.25) is 0 Å². The third-order valence-electron chi connectivity index (χ3n) is 2.93. The Kier molecular flexibility index (Phi) is 3.66. The van der Waals surface area contributed by atoms with E-state index in [4.69, 9.17) is 11.5 Å². The average Bonchev–Trinajstić information content (AvgIpc) is 2.47. The molecule has 0 fully saturated rings. The second-order valence-corrected chi connectivity index (χ2v) is 4.12. The molecule has 0 aliphatic heterocycles. The van der Waals surface area contributed by atoms with Gasteiger partial charge in [-0.25, -0.2) is 0 Å². The SMILES string of the molecule is CN=C(N)c1cc(-c2cncc(NC)c2)ccc1N. The average molecular weight is 255 g/mol. The highest BCUT2D eigenvalue weighted by Crippen LogP contribution is 2.25. The van der Waals surface area contributed by atoms with Crippen molar-refractivity contribution in [3.8, 4) is 11.1 Å². The number of hydrogen-bond acceptors (Lipinski definition) is 4. The molecule has 5 heteroatoms. The predicted octanol–water partition coefficient (Wildman–Crippen LogP) is 1.71. The van der Waals surface area contributed by atoms with Crippen LogP contribution in [0.4, 0.5) is 11.4 Å². The van der Waals surface area contributed by atoms with Gasteiger partial charge in [-0.15, -0.1) is 0 Å². The second kappa shape index (κ2) is 5.39. The van der Waals surface area contributed by atoms with Crippen molar-refractivity contribution >= 4 is 17.2 Å². The smallest absolute Gasteiger partial charge is 0.127 e. The van der Waals surface area contributed by atoms with Crippen molar-refractivity contribution in [2.24, 2.45) is 10.7 Å². The molecular weight excluding hydrogens is 238 g/mol. The molecule has 2 rings (SSSR count).